The minimum Gasteiger partial charge on any atom is -0.326 e. The van der Waals surface area contributed by atoms with E-state index in [-0.39, 0.29) is 5.56 Å². The van der Waals surface area contributed by atoms with Crippen LogP contribution in [0.1, 0.15) is 11.1 Å². The number of hydrogen-bond acceptors (Lipinski definition) is 2. The quantitative estimate of drug-likeness (QED) is 0.727. The Morgan fingerprint density at radius 3 is 2.79 bits per heavy atom. The van der Waals surface area contributed by atoms with E-state index in [0.717, 1.165) is 16.6 Å². The van der Waals surface area contributed by atoms with Crippen LogP contribution in [0.5, 0.6) is 0 Å². The standard InChI is InChI=1S/C11H12N2O/c1-8-2-4-10-9(6-12)3-5-11(14)13(10)7-8/h2-5,7H,6,12H2,1H3. The van der Waals surface area contributed by atoms with Crippen molar-refractivity contribution in [3.05, 3.63) is 51.9 Å². The average Bonchev–Trinajstić information content (AvgIpc) is 2.19. The Hall–Kier alpha value is -1.61. The van der Waals surface area contributed by atoms with Gasteiger partial charge in [-0.25, -0.2) is 0 Å². The van der Waals surface area contributed by atoms with Gasteiger partial charge in [-0.3, -0.25) is 9.20 Å². The maximum absolute atomic E-state index is 11.5. The summed E-state index contributed by atoms with van der Waals surface area (Å²) in [6.45, 7) is 2.41. The molecule has 0 atom stereocenters. The Balaban J connectivity index is 2.91. The van der Waals surface area contributed by atoms with Crippen molar-refractivity contribution in [3.63, 3.8) is 0 Å². The van der Waals surface area contributed by atoms with E-state index < -0.39 is 0 Å². The van der Waals surface area contributed by atoms with Crippen LogP contribution in [0, 0.1) is 6.92 Å². The minimum atomic E-state index is -0.0131. The van der Waals surface area contributed by atoms with Gasteiger partial charge in [0, 0.05) is 18.8 Å². The molecule has 0 saturated carbocycles. The van der Waals surface area contributed by atoms with Gasteiger partial charge >= 0.3 is 0 Å². The number of aromatic nitrogens is 1. The van der Waals surface area contributed by atoms with E-state index in [1.54, 1.807) is 16.5 Å². The second-order valence-electron chi connectivity index (χ2n) is 3.36. The van der Waals surface area contributed by atoms with Crippen LogP contribution >= 0.6 is 0 Å². The average molecular weight is 188 g/mol. The van der Waals surface area contributed by atoms with Crippen molar-refractivity contribution in [2.75, 3.05) is 0 Å². The lowest BCUT2D eigenvalue weighted by molar-refractivity contribution is 1.01. The van der Waals surface area contributed by atoms with Crippen molar-refractivity contribution in [1.82, 2.24) is 4.40 Å². The van der Waals surface area contributed by atoms with Gasteiger partial charge in [0.2, 0.25) is 0 Å². The fourth-order valence-electron chi connectivity index (χ4n) is 1.56. The molecule has 0 aliphatic heterocycles. The third-order valence-electron chi connectivity index (χ3n) is 2.31. The molecule has 0 saturated heterocycles. The second kappa shape index (κ2) is 3.27. The summed E-state index contributed by atoms with van der Waals surface area (Å²) in [5, 5.41) is 0. The molecule has 2 aromatic rings. The van der Waals surface area contributed by atoms with Crippen molar-refractivity contribution < 1.29 is 0 Å². The third kappa shape index (κ3) is 1.32. The lowest BCUT2D eigenvalue weighted by Gasteiger charge is -2.05. The number of nitrogens with zero attached hydrogens (tertiary/aromatic N) is 1. The molecule has 3 heteroatoms. The number of pyridine rings is 2. The molecule has 0 aliphatic rings. The summed E-state index contributed by atoms with van der Waals surface area (Å²) < 4.78 is 1.64. The van der Waals surface area contributed by atoms with E-state index in [1.165, 1.54) is 0 Å². The Labute approximate surface area is 81.8 Å². The highest BCUT2D eigenvalue weighted by molar-refractivity contribution is 5.54. The summed E-state index contributed by atoms with van der Waals surface area (Å²) in [6.07, 6.45) is 1.83. The summed E-state index contributed by atoms with van der Waals surface area (Å²) in [6, 6.07) is 7.24. The van der Waals surface area contributed by atoms with Crippen LogP contribution in [-0.2, 0) is 6.54 Å². The summed E-state index contributed by atoms with van der Waals surface area (Å²) in [5.41, 5.74) is 8.52. The minimum absolute atomic E-state index is 0.0131. The van der Waals surface area contributed by atoms with E-state index in [0.29, 0.717) is 6.54 Å². The van der Waals surface area contributed by atoms with Gasteiger partial charge in [-0.1, -0.05) is 12.1 Å². The van der Waals surface area contributed by atoms with Gasteiger partial charge in [0.15, 0.2) is 0 Å². The summed E-state index contributed by atoms with van der Waals surface area (Å²) in [4.78, 5) is 11.5. The van der Waals surface area contributed by atoms with Gasteiger partial charge in [-0.2, -0.15) is 0 Å². The molecule has 72 valence electrons. The fourth-order valence-corrected chi connectivity index (χ4v) is 1.56. The molecule has 0 fully saturated rings. The number of hydrogen-bond donors (Lipinski definition) is 1. The van der Waals surface area contributed by atoms with Crippen LogP contribution in [0.4, 0.5) is 0 Å². The molecule has 0 aliphatic carbocycles. The first-order valence-corrected chi connectivity index (χ1v) is 4.53. The Morgan fingerprint density at radius 2 is 2.07 bits per heavy atom. The van der Waals surface area contributed by atoms with Crippen LogP contribution < -0.4 is 11.3 Å². The monoisotopic (exact) mass is 188 g/mol. The van der Waals surface area contributed by atoms with Crippen molar-refractivity contribution in [1.29, 1.82) is 0 Å². The highest BCUT2D eigenvalue weighted by Gasteiger charge is 2.00. The van der Waals surface area contributed by atoms with Crippen molar-refractivity contribution in [2.24, 2.45) is 5.73 Å². The van der Waals surface area contributed by atoms with Gasteiger partial charge in [0.1, 0.15) is 0 Å². The molecule has 3 nitrogen and oxygen atoms in total. The molecule has 2 N–H and O–H groups in total. The Morgan fingerprint density at radius 1 is 1.29 bits per heavy atom. The molecule has 14 heavy (non-hydrogen) atoms. The van der Waals surface area contributed by atoms with Crippen molar-refractivity contribution in [2.45, 2.75) is 13.5 Å². The van der Waals surface area contributed by atoms with Gasteiger partial charge in [-0.05, 0) is 24.1 Å². The molecule has 0 spiro atoms. The SMILES string of the molecule is Cc1ccc2c(CN)ccc(=O)n2c1. The maximum Gasteiger partial charge on any atom is 0.255 e. The Kier molecular flexibility index (Phi) is 2.09. The number of fused-ring (bicyclic) bond motifs is 1. The van der Waals surface area contributed by atoms with Crippen LogP contribution in [0.3, 0.4) is 0 Å². The van der Waals surface area contributed by atoms with Crippen LogP contribution in [-0.4, -0.2) is 4.40 Å². The van der Waals surface area contributed by atoms with Crippen LogP contribution in [0.25, 0.3) is 5.52 Å². The summed E-state index contributed by atoms with van der Waals surface area (Å²) in [7, 11) is 0. The molecule has 0 bridgehead atoms. The molecule has 2 aromatic heterocycles. The predicted octanol–water partition coefficient (Wildman–Crippen LogP) is 1.07. The van der Waals surface area contributed by atoms with Gasteiger partial charge in [0.25, 0.3) is 5.56 Å². The normalized spacial score (nSPS) is 10.7. The highest BCUT2D eigenvalue weighted by atomic mass is 16.1. The molecule has 2 heterocycles. The molecule has 0 unspecified atom stereocenters. The number of rotatable bonds is 1. The van der Waals surface area contributed by atoms with E-state index in [1.807, 2.05) is 25.3 Å². The van der Waals surface area contributed by atoms with Crippen LogP contribution in [0.2, 0.25) is 0 Å². The predicted molar refractivity (Wildman–Crippen MR) is 56.3 cm³/mol. The van der Waals surface area contributed by atoms with E-state index in [9.17, 15) is 4.79 Å². The zero-order valence-corrected chi connectivity index (χ0v) is 8.03. The molecular weight excluding hydrogens is 176 g/mol. The van der Waals surface area contributed by atoms with Crippen molar-refractivity contribution in [3.8, 4) is 0 Å². The largest absolute Gasteiger partial charge is 0.326 e. The highest BCUT2D eigenvalue weighted by Crippen LogP contribution is 2.08. The lowest BCUT2D eigenvalue weighted by atomic mass is 10.2. The number of aryl methyl sites for hydroxylation is 1. The van der Waals surface area contributed by atoms with Crippen LogP contribution in [0.15, 0.2) is 35.3 Å². The van der Waals surface area contributed by atoms with Gasteiger partial charge < -0.3 is 5.73 Å². The van der Waals surface area contributed by atoms with Gasteiger partial charge in [0.05, 0.1) is 5.52 Å². The first-order valence-electron chi connectivity index (χ1n) is 4.53. The topological polar surface area (TPSA) is 47.5 Å². The molecular formula is C11H12N2O. The third-order valence-corrected chi connectivity index (χ3v) is 2.31. The summed E-state index contributed by atoms with van der Waals surface area (Å²) >= 11 is 0. The lowest BCUT2D eigenvalue weighted by Crippen LogP contribution is -2.14. The van der Waals surface area contributed by atoms with E-state index >= 15 is 0 Å². The fraction of sp³-hybridized carbons (Fsp3) is 0.182. The maximum atomic E-state index is 11.5. The van der Waals surface area contributed by atoms with Crippen molar-refractivity contribution >= 4 is 5.52 Å². The molecule has 0 radical (unpaired) electrons. The molecule has 0 amide bonds. The first-order chi connectivity index (χ1) is 6.72. The molecule has 0 aromatic carbocycles. The second-order valence-corrected chi connectivity index (χ2v) is 3.36. The summed E-state index contributed by atoms with van der Waals surface area (Å²) in [5.74, 6) is 0. The first kappa shape index (κ1) is 8.97. The zero-order valence-electron chi connectivity index (χ0n) is 8.03. The molecule has 2 rings (SSSR count). The smallest absolute Gasteiger partial charge is 0.255 e. The number of nitrogens with two attached hydrogens (primary N) is 1. The van der Waals surface area contributed by atoms with E-state index in [4.69, 9.17) is 5.73 Å². The van der Waals surface area contributed by atoms with Gasteiger partial charge in [-0.15, -0.1) is 0 Å². The zero-order chi connectivity index (χ0) is 10.1. The van der Waals surface area contributed by atoms with E-state index in [2.05, 4.69) is 0 Å². The Bertz CT molecular complexity index is 528.